The topological polar surface area (TPSA) is 21.7 Å². The Bertz CT molecular complexity index is 337. The van der Waals surface area contributed by atoms with Crippen LogP contribution in [0.1, 0.15) is 18.1 Å². The molecule has 0 unspecified atom stereocenters. The van der Waals surface area contributed by atoms with Gasteiger partial charge in [0.25, 0.3) is 0 Å². The minimum absolute atomic E-state index is 0.616. The van der Waals surface area contributed by atoms with E-state index in [0.29, 0.717) is 13.2 Å². The van der Waals surface area contributed by atoms with Crippen LogP contribution in [0.25, 0.3) is 0 Å². The van der Waals surface area contributed by atoms with Gasteiger partial charge in [0, 0.05) is 12.1 Å². The number of aryl methyl sites for hydroxylation is 1. The van der Waals surface area contributed by atoms with Gasteiger partial charge >= 0.3 is 0 Å². The molecule has 0 heterocycles. The predicted octanol–water partition coefficient (Wildman–Crippen LogP) is 2.47. The number of ether oxygens (including phenoxy) is 2. The van der Waals surface area contributed by atoms with E-state index in [1.54, 1.807) is 0 Å². The fourth-order valence-corrected chi connectivity index (χ4v) is 1.55. The summed E-state index contributed by atoms with van der Waals surface area (Å²) in [5.41, 5.74) is 2.37. The molecule has 0 spiro atoms. The first kappa shape index (κ1) is 14.0. The lowest BCUT2D eigenvalue weighted by molar-refractivity contribution is 0.103. The van der Waals surface area contributed by atoms with Crippen molar-refractivity contribution in [1.29, 1.82) is 0 Å². The molecule has 0 saturated carbocycles. The molecular formula is C14H23NO2. The molecule has 0 amide bonds. The Morgan fingerprint density at radius 3 is 2.65 bits per heavy atom. The van der Waals surface area contributed by atoms with Crippen LogP contribution in [0.4, 0.5) is 0 Å². The molecule has 1 aromatic rings. The van der Waals surface area contributed by atoms with Gasteiger partial charge in [-0.15, -0.1) is 0 Å². The Kier molecular flexibility index (Phi) is 6.01. The molecule has 17 heavy (non-hydrogen) atoms. The first-order valence-corrected chi connectivity index (χ1v) is 6.08. The van der Waals surface area contributed by atoms with Crippen LogP contribution in [0.5, 0.6) is 5.75 Å². The smallest absolute Gasteiger partial charge is 0.124 e. The summed E-state index contributed by atoms with van der Waals surface area (Å²) >= 11 is 0. The van der Waals surface area contributed by atoms with Gasteiger partial charge in [-0.1, -0.05) is 17.7 Å². The van der Waals surface area contributed by atoms with E-state index >= 15 is 0 Å². The van der Waals surface area contributed by atoms with Gasteiger partial charge in [-0.3, -0.25) is 0 Å². The lowest BCUT2D eigenvalue weighted by Crippen LogP contribution is -2.18. The van der Waals surface area contributed by atoms with Gasteiger partial charge in [0.2, 0.25) is 0 Å². The summed E-state index contributed by atoms with van der Waals surface area (Å²) in [6.07, 6.45) is 0. The largest absolute Gasteiger partial charge is 0.494 e. The lowest BCUT2D eigenvalue weighted by Gasteiger charge is -2.13. The molecule has 0 atom stereocenters. The maximum atomic E-state index is 5.65. The molecular weight excluding hydrogens is 214 g/mol. The first-order chi connectivity index (χ1) is 8.13. The molecule has 0 N–H and O–H groups in total. The standard InChI is InChI=1S/C14H23NO2/c1-5-17-14-7-6-12(2)10-13(14)11-16-9-8-15(3)4/h6-7,10H,5,8-9,11H2,1-4H3. The van der Waals surface area contributed by atoms with Crippen LogP contribution in [0, 0.1) is 6.92 Å². The highest BCUT2D eigenvalue weighted by Gasteiger charge is 2.04. The highest BCUT2D eigenvalue weighted by molar-refractivity contribution is 5.36. The van der Waals surface area contributed by atoms with Crippen LogP contribution >= 0.6 is 0 Å². The summed E-state index contributed by atoms with van der Waals surface area (Å²) in [7, 11) is 4.09. The molecule has 1 aromatic carbocycles. The number of hydrogen-bond donors (Lipinski definition) is 0. The van der Waals surface area contributed by atoms with Crippen molar-refractivity contribution < 1.29 is 9.47 Å². The van der Waals surface area contributed by atoms with Crippen molar-refractivity contribution >= 4 is 0 Å². The average molecular weight is 237 g/mol. The van der Waals surface area contributed by atoms with Crippen LogP contribution in [-0.4, -0.2) is 38.8 Å². The Balaban J connectivity index is 2.52. The minimum atomic E-state index is 0.616. The van der Waals surface area contributed by atoms with Gasteiger partial charge in [0.1, 0.15) is 5.75 Å². The van der Waals surface area contributed by atoms with E-state index in [4.69, 9.17) is 9.47 Å². The van der Waals surface area contributed by atoms with Gasteiger partial charge < -0.3 is 14.4 Å². The zero-order valence-corrected chi connectivity index (χ0v) is 11.3. The summed E-state index contributed by atoms with van der Waals surface area (Å²) in [5.74, 6) is 0.933. The third-order valence-electron chi connectivity index (χ3n) is 2.46. The highest BCUT2D eigenvalue weighted by Crippen LogP contribution is 2.20. The quantitative estimate of drug-likeness (QED) is 0.680. The fourth-order valence-electron chi connectivity index (χ4n) is 1.55. The fraction of sp³-hybridized carbons (Fsp3) is 0.571. The van der Waals surface area contributed by atoms with Crippen molar-refractivity contribution in [2.45, 2.75) is 20.5 Å². The molecule has 0 aliphatic carbocycles. The van der Waals surface area contributed by atoms with E-state index in [9.17, 15) is 0 Å². The zero-order chi connectivity index (χ0) is 12.7. The molecule has 1 rings (SSSR count). The number of benzene rings is 1. The molecule has 0 saturated heterocycles. The summed E-state index contributed by atoms with van der Waals surface area (Å²) in [6, 6.07) is 6.21. The molecule has 0 radical (unpaired) electrons. The first-order valence-electron chi connectivity index (χ1n) is 6.08. The van der Waals surface area contributed by atoms with Crippen molar-refractivity contribution in [3.8, 4) is 5.75 Å². The lowest BCUT2D eigenvalue weighted by atomic mass is 10.1. The average Bonchev–Trinajstić information content (AvgIpc) is 2.28. The van der Waals surface area contributed by atoms with Gasteiger partial charge in [0.05, 0.1) is 19.8 Å². The van der Waals surface area contributed by atoms with Crippen LogP contribution in [-0.2, 0) is 11.3 Å². The van der Waals surface area contributed by atoms with Gasteiger partial charge in [-0.05, 0) is 34.0 Å². The van der Waals surface area contributed by atoms with E-state index in [1.165, 1.54) is 5.56 Å². The Hall–Kier alpha value is -1.06. The van der Waals surface area contributed by atoms with Crippen molar-refractivity contribution in [2.75, 3.05) is 33.9 Å². The van der Waals surface area contributed by atoms with Gasteiger partial charge in [0.15, 0.2) is 0 Å². The van der Waals surface area contributed by atoms with E-state index < -0.39 is 0 Å². The normalized spacial score (nSPS) is 10.9. The van der Waals surface area contributed by atoms with Crippen LogP contribution in [0.2, 0.25) is 0 Å². The second-order valence-corrected chi connectivity index (χ2v) is 4.40. The van der Waals surface area contributed by atoms with Gasteiger partial charge in [-0.25, -0.2) is 0 Å². The molecule has 96 valence electrons. The number of hydrogen-bond acceptors (Lipinski definition) is 3. The number of likely N-dealkylation sites (N-methyl/N-ethyl adjacent to an activating group) is 1. The van der Waals surface area contributed by atoms with E-state index in [1.807, 2.05) is 27.1 Å². The Morgan fingerprint density at radius 2 is 2.00 bits per heavy atom. The zero-order valence-electron chi connectivity index (χ0n) is 11.3. The van der Waals surface area contributed by atoms with E-state index in [2.05, 4.69) is 24.0 Å². The highest BCUT2D eigenvalue weighted by atomic mass is 16.5. The van der Waals surface area contributed by atoms with Gasteiger partial charge in [-0.2, -0.15) is 0 Å². The van der Waals surface area contributed by atoms with Crippen LogP contribution < -0.4 is 4.74 Å². The second-order valence-electron chi connectivity index (χ2n) is 4.40. The third kappa shape index (κ3) is 5.20. The molecule has 3 nitrogen and oxygen atoms in total. The Morgan fingerprint density at radius 1 is 1.24 bits per heavy atom. The van der Waals surface area contributed by atoms with Crippen molar-refractivity contribution in [3.05, 3.63) is 29.3 Å². The molecule has 0 aromatic heterocycles. The summed E-state index contributed by atoms with van der Waals surface area (Å²) in [6.45, 7) is 7.07. The summed E-state index contributed by atoms with van der Waals surface area (Å²) < 4.78 is 11.2. The summed E-state index contributed by atoms with van der Waals surface area (Å²) in [4.78, 5) is 2.11. The van der Waals surface area contributed by atoms with Crippen molar-refractivity contribution in [3.63, 3.8) is 0 Å². The van der Waals surface area contributed by atoms with E-state index in [-0.39, 0.29) is 0 Å². The monoisotopic (exact) mass is 237 g/mol. The Labute approximate surface area is 104 Å². The van der Waals surface area contributed by atoms with Crippen LogP contribution in [0.15, 0.2) is 18.2 Å². The molecule has 0 aliphatic heterocycles. The maximum Gasteiger partial charge on any atom is 0.124 e. The molecule has 3 heteroatoms. The molecule has 0 fully saturated rings. The van der Waals surface area contributed by atoms with Crippen LogP contribution in [0.3, 0.4) is 0 Å². The minimum Gasteiger partial charge on any atom is -0.494 e. The molecule has 0 bridgehead atoms. The predicted molar refractivity (Wildman–Crippen MR) is 70.6 cm³/mol. The SMILES string of the molecule is CCOc1ccc(C)cc1COCCN(C)C. The second kappa shape index (κ2) is 7.30. The number of rotatable bonds is 7. The third-order valence-corrected chi connectivity index (χ3v) is 2.46. The van der Waals surface area contributed by atoms with Crippen molar-refractivity contribution in [1.82, 2.24) is 4.90 Å². The number of nitrogens with zero attached hydrogens (tertiary/aromatic N) is 1. The molecule has 0 aliphatic rings. The van der Waals surface area contributed by atoms with E-state index in [0.717, 1.165) is 24.5 Å². The van der Waals surface area contributed by atoms with Crippen molar-refractivity contribution in [2.24, 2.45) is 0 Å². The maximum absolute atomic E-state index is 5.65. The summed E-state index contributed by atoms with van der Waals surface area (Å²) in [5, 5.41) is 0.